The van der Waals surface area contributed by atoms with Crippen LogP contribution >= 0.6 is 11.3 Å². The Kier molecular flexibility index (Phi) is 2.87. The van der Waals surface area contributed by atoms with E-state index in [1.54, 1.807) is 13.0 Å². The van der Waals surface area contributed by atoms with Crippen molar-refractivity contribution in [3.05, 3.63) is 45.1 Å². The number of carboxylic acid groups (broad SMARTS) is 1. The number of nitrogens with zero attached hydrogens (tertiary/aromatic N) is 3. The van der Waals surface area contributed by atoms with Crippen molar-refractivity contribution in [2.24, 2.45) is 0 Å². The Morgan fingerprint density at radius 3 is 3.00 bits per heavy atom. The molecule has 0 saturated heterocycles. The van der Waals surface area contributed by atoms with Crippen LogP contribution in [0.5, 0.6) is 0 Å². The summed E-state index contributed by atoms with van der Waals surface area (Å²) >= 11 is 1.00. The lowest BCUT2D eigenvalue weighted by Gasteiger charge is -2.02. The summed E-state index contributed by atoms with van der Waals surface area (Å²) in [7, 11) is 0. The zero-order valence-electron chi connectivity index (χ0n) is 10.4. The first-order valence-electron chi connectivity index (χ1n) is 5.69. The largest absolute Gasteiger partial charge is 0.477 e. The van der Waals surface area contributed by atoms with Gasteiger partial charge in [-0.2, -0.15) is 0 Å². The van der Waals surface area contributed by atoms with Gasteiger partial charge in [0.2, 0.25) is 0 Å². The normalized spacial score (nSPS) is 11.1. The maximum atomic E-state index is 12.4. The van der Waals surface area contributed by atoms with E-state index in [2.05, 4.69) is 10.1 Å². The summed E-state index contributed by atoms with van der Waals surface area (Å²) in [5.41, 5.74) is 0.162. The van der Waals surface area contributed by atoms with Crippen LogP contribution in [0.2, 0.25) is 0 Å². The summed E-state index contributed by atoms with van der Waals surface area (Å²) < 4.78 is 6.32. The lowest BCUT2D eigenvalue weighted by Crippen LogP contribution is -2.20. The molecule has 1 N–H and O–H groups in total. The molecule has 0 unspecified atom stereocenters. The van der Waals surface area contributed by atoms with Crippen LogP contribution in [0.1, 0.15) is 21.0 Å². The van der Waals surface area contributed by atoms with Gasteiger partial charge in [-0.1, -0.05) is 5.16 Å². The Hall–Kier alpha value is -2.48. The number of hydrogen-bond donors (Lipinski definition) is 1. The number of hydrogen-bond acceptors (Lipinski definition) is 6. The summed E-state index contributed by atoms with van der Waals surface area (Å²) in [5.74, 6) is -0.522. The summed E-state index contributed by atoms with van der Waals surface area (Å²) in [6.45, 7) is 1.82. The van der Waals surface area contributed by atoms with E-state index in [9.17, 15) is 9.59 Å². The first kappa shape index (κ1) is 12.5. The van der Waals surface area contributed by atoms with E-state index >= 15 is 0 Å². The van der Waals surface area contributed by atoms with Gasteiger partial charge in [0.1, 0.15) is 9.71 Å². The van der Waals surface area contributed by atoms with Gasteiger partial charge in [-0.05, 0) is 12.5 Å². The summed E-state index contributed by atoms with van der Waals surface area (Å²) in [4.78, 5) is 28.2. The second-order valence-corrected chi connectivity index (χ2v) is 5.20. The highest BCUT2D eigenvalue weighted by Gasteiger charge is 2.18. The SMILES string of the molecule is Cc1c(C(=O)O)sc2ncn(Cc3ccno3)c(=O)c12. The molecule has 7 nitrogen and oxygen atoms in total. The molecular formula is C12H9N3O4S. The monoisotopic (exact) mass is 291 g/mol. The van der Waals surface area contributed by atoms with E-state index < -0.39 is 5.97 Å². The molecule has 0 fully saturated rings. The van der Waals surface area contributed by atoms with Gasteiger partial charge in [-0.25, -0.2) is 9.78 Å². The van der Waals surface area contributed by atoms with Crippen LogP contribution < -0.4 is 5.56 Å². The number of carboxylic acids is 1. The molecule has 0 spiro atoms. The topological polar surface area (TPSA) is 98.2 Å². The van der Waals surface area contributed by atoms with E-state index in [0.717, 1.165) is 11.3 Å². The molecule has 3 rings (SSSR count). The minimum Gasteiger partial charge on any atom is -0.477 e. The third-order valence-corrected chi connectivity index (χ3v) is 4.12. The quantitative estimate of drug-likeness (QED) is 0.785. The highest BCUT2D eigenvalue weighted by atomic mass is 32.1. The van der Waals surface area contributed by atoms with Gasteiger partial charge < -0.3 is 9.63 Å². The minimum atomic E-state index is -1.05. The third kappa shape index (κ3) is 1.90. The molecule has 102 valence electrons. The number of fused-ring (bicyclic) bond motifs is 1. The van der Waals surface area contributed by atoms with Gasteiger partial charge >= 0.3 is 5.97 Å². The van der Waals surface area contributed by atoms with Crippen molar-refractivity contribution in [1.29, 1.82) is 0 Å². The molecule has 0 amide bonds. The molecule has 8 heteroatoms. The molecular weight excluding hydrogens is 282 g/mol. The van der Waals surface area contributed by atoms with Crippen LogP contribution in [0.3, 0.4) is 0 Å². The van der Waals surface area contributed by atoms with Crippen molar-refractivity contribution in [3.63, 3.8) is 0 Å². The van der Waals surface area contributed by atoms with E-state index in [0.29, 0.717) is 21.5 Å². The number of aromatic nitrogens is 3. The van der Waals surface area contributed by atoms with Crippen LogP contribution in [0.4, 0.5) is 0 Å². The molecule has 3 aromatic heterocycles. The van der Waals surface area contributed by atoms with Gasteiger partial charge in [0.25, 0.3) is 5.56 Å². The second-order valence-electron chi connectivity index (χ2n) is 4.20. The Labute approximate surface area is 116 Å². The third-order valence-electron chi connectivity index (χ3n) is 2.93. The molecule has 3 aromatic rings. The number of thiophene rings is 1. The Bertz CT molecular complexity index is 848. The summed E-state index contributed by atoms with van der Waals surface area (Å²) in [5, 5.41) is 13.0. The van der Waals surface area contributed by atoms with Gasteiger partial charge in [-0.3, -0.25) is 9.36 Å². The van der Waals surface area contributed by atoms with Crippen LogP contribution in [0, 0.1) is 6.92 Å². The van der Waals surface area contributed by atoms with Crippen molar-refractivity contribution >= 4 is 27.5 Å². The smallest absolute Gasteiger partial charge is 0.346 e. The number of carbonyl (C=O) groups is 1. The van der Waals surface area contributed by atoms with Gasteiger partial charge in [0.05, 0.1) is 24.5 Å². The predicted octanol–water partition coefficient (Wildman–Crippen LogP) is 1.50. The standard InChI is InChI=1S/C12H9N3O4S/c1-6-8-10(20-9(6)12(17)18)13-5-15(11(8)16)4-7-2-3-14-19-7/h2-3,5H,4H2,1H3,(H,17,18). The molecule has 0 bridgehead atoms. The molecule has 0 aromatic carbocycles. The van der Waals surface area contributed by atoms with Crippen molar-refractivity contribution < 1.29 is 14.4 Å². The predicted molar refractivity (Wildman–Crippen MR) is 71.2 cm³/mol. The molecule has 0 radical (unpaired) electrons. The summed E-state index contributed by atoms with van der Waals surface area (Å²) in [6.07, 6.45) is 2.87. The van der Waals surface area contributed by atoms with Gasteiger partial charge in [-0.15, -0.1) is 11.3 Å². The fourth-order valence-electron chi connectivity index (χ4n) is 1.97. The van der Waals surface area contributed by atoms with E-state index in [4.69, 9.17) is 9.63 Å². The van der Waals surface area contributed by atoms with E-state index in [1.807, 2.05) is 0 Å². The Morgan fingerprint density at radius 2 is 2.35 bits per heavy atom. The maximum absolute atomic E-state index is 12.4. The molecule has 0 saturated carbocycles. The lowest BCUT2D eigenvalue weighted by atomic mass is 10.2. The van der Waals surface area contributed by atoms with Crippen molar-refractivity contribution in [2.75, 3.05) is 0 Å². The van der Waals surface area contributed by atoms with Crippen molar-refractivity contribution in [3.8, 4) is 0 Å². The van der Waals surface area contributed by atoms with Crippen LogP contribution in [-0.2, 0) is 6.54 Å². The first-order chi connectivity index (χ1) is 9.58. The van der Waals surface area contributed by atoms with E-state index in [1.165, 1.54) is 17.1 Å². The van der Waals surface area contributed by atoms with Gasteiger partial charge in [0.15, 0.2) is 5.76 Å². The van der Waals surface area contributed by atoms with Gasteiger partial charge in [0, 0.05) is 6.07 Å². The highest BCUT2D eigenvalue weighted by molar-refractivity contribution is 7.20. The highest BCUT2D eigenvalue weighted by Crippen LogP contribution is 2.26. The van der Waals surface area contributed by atoms with Crippen LogP contribution in [-0.4, -0.2) is 25.8 Å². The fraction of sp³-hybridized carbons (Fsp3) is 0.167. The Balaban J connectivity index is 2.17. The lowest BCUT2D eigenvalue weighted by molar-refractivity contribution is 0.0701. The zero-order valence-corrected chi connectivity index (χ0v) is 11.2. The number of rotatable bonds is 3. The van der Waals surface area contributed by atoms with Crippen molar-refractivity contribution in [2.45, 2.75) is 13.5 Å². The number of aryl methyl sites for hydroxylation is 1. The molecule has 20 heavy (non-hydrogen) atoms. The first-order valence-corrected chi connectivity index (χ1v) is 6.51. The average Bonchev–Trinajstić information content (AvgIpc) is 3.01. The maximum Gasteiger partial charge on any atom is 0.346 e. The summed E-state index contributed by atoms with van der Waals surface area (Å²) in [6, 6.07) is 1.65. The molecule has 0 aliphatic carbocycles. The molecule has 0 atom stereocenters. The Morgan fingerprint density at radius 1 is 1.55 bits per heavy atom. The average molecular weight is 291 g/mol. The van der Waals surface area contributed by atoms with Crippen LogP contribution in [0.15, 0.2) is 27.9 Å². The second kappa shape index (κ2) is 4.57. The molecule has 0 aliphatic rings. The fourth-order valence-corrected chi connectivity index (χ4v) is 2.95. The van der Waals surface area contributed by atoms with Crippen molar-refractivity contribution in [1.82, 2.24) is 14.7 Å². The number of aromatic carboxylic acids is 1. The molecule has 3 heterocycles. The van der Waals surface area contributed by atoms with Crippen LogP contribution in [0.25, 0.3) is 10.2 Å². The zero-order chi connectivity index (χ0) is 14.3. The molecule has 0 aliphatic heterocycles. The minimum absolute atomic E-state index is 0.141. The van der Waals surface area contributed by atoms with E-state index in [-0.39, 0.29) is 17.0 Å².